The van der Waals surface area contributed by atoms with Crippen LogP contribution in [0.5, 0.6) is 0 Å². The molecule has 0 aromatic heterocycles. The molecule has 0 unspecified atom stereocenters. The van der Waals surface area contributed by atoms with Crippen LogP contribution in [0, 0.1) is 13.8 Å². The molecule has 6 nitrogen and oxygen atoms in total. The van der Waals surface area contributed by atoms with Crippen LogP contribution in [0.15, 0.2) is 42.5 Å². The molecule has 0 spiro atoms. The number of piperidine rings is 1. The van der Waals surface area contributed by atoms with E-state index in [0.29, 0.717) is 42.7 Å². The zero-order valence-corrected chi connectivity index (χ0v) is 17.1. The highest BCUT2D eigenvalue weighted by Gasteiger charge is 2.25. The maximum absolute atomic E-state index is 12.8. The second-order valence-electron chi connectivity index (χ2n) is 7.60. The van der Waals surface area contributed by atoms with Crippen molar-refractivity contribution >= 4 is 23.4 Å². The zero-order valence-electron chi connectivity index (χ0n) is 17.1. The molecule has 2 aromatic rings. The van der Waals surface area contributed by atoms with Crippen molar-refractivity contribution < 1.29 is 14.4 Å². The van der Waals surface area contributed by atoms with Gasteiger partial charge in [0, 0.05) is 42.9 Å². The summed E-state index contributed by atoms with van der Waals surface area (Å²) in [5.41, 5.74) is 4.09. The summed E-state index contributed by atoms with van der Waals surface area (Å²) in [4.78, 5) is 38.3. The number of hydrogen-bond acceptors (Lipinski definition) is 3. The Balaban J connectivity index is 1.56. The van der Waals surface area contributed by atoms with E-state index in [-0.39, 0.29) is 23.8 Å². The molecule has 0 aliphatic carbocycles. The molecule has 152 valence electrons. The molecule has 1 heterocycles. The average molecular weight is 393 g/mol. The quantitative estimate of drug-likeness (QED) is 0.837. The van der Waals surface area contributed by atoms with Gasteiger partial charge in [-0.05, 0) is 68.1 Å². The topological polar surface area (TPSA) is 78.5 Å². The van der Waals surface area contributed by atoms with E-state index in [2.05, 4.69) is 10.6 Å². The molecule has 1 aliphatic rings. The van der Waals surface area contributed by atoms with Crippen LogP contribution >= 0.6 is 0 Å². The summed E-state index contributed by atoms with van der Waals surface area (Å²) in [5, 5.41) is 5.78. The normalized spacial score (nSPS) is 14.4. The summed E-state index contributed by atoms with van der Waals surface area (Å²) in [6, 6.07) is 12.7. The first kappa shape index (κ1) is 20.6. The van der Waals surface area contributed by atoms with Gasteiger partial charge in [0.2, 0.25) is 5.91 Å². The molecule has 3 rings (SSSR count). The summed E-state index contributed by atoms with van der Waals surface area (Å²) in [5.74, 6) is -0.299. The first-order chi connectivity index (χ1) is 13.8. The van der Waals surface area contributed by atoms with Crippen LogP contribution in [0.3, 0.4) is 0 Å². The van der Waals surface area contributed by atoms with E-state index in [4.69, 9.17) is 0 Å². The zero-order chi connectivity index (χ0) is 21.0. The van der Waals surface area contributed by atoms with Crippen LogP contribution in [0.2, 0.25) is 0 Å². The third-order valence-electron chi connectivity index (χ3n) is 5.32. The summed E-state index contributed by atoms with van der Waals surface area (Å²) >= 11 is 0. The number of benzene rings is 2. The summed E-state index contributed by atoms with van der Waals surface area (Å²) in [6.07, 6.45) is 1.43. The van der Waals surface area contributed by atoms with Gasteiger partial charge in [-0.15, -0.1) is 0 Å². The van der Waals surface area contributed by atoms with Gasteiger partial charge in [-0.3, -0.25) is 14.4 Å². The predicted molar refractivity (Wildman–Crippen MR) is 113 cm³/mol. The molecule has 2 aromatic carbocycles. The molecule has 0 saturated carbocycles. The van der Waals surface area contributed by atoms with Crippen molar-refractivity contribution in [3.63, 3.8) is 0 Å². The molecule has 0 atom stereocenters. The average Bonchev–Trinajstić information content (AvgIpc) is 2.69. The first-order valence-electron chi connectivity index (χ1n) is 9.88. The van der Waals surface area contributed by atoms with Gasteiger partial charge in [0.25, 0.3) is 11.8 Å². The van der Waals surface area contributed by atoms with Crippen LogP contribution in [-0.4, -0.2) is 41.8 Å². The lowest BCUT2D eigenvalue weighted by atomic mass is 10.0. The van der Waals surface area contributed by atoms with Crippen molar-refractivity contribution in [2.45, 2.75) is 39.7 Å². The minimum atomic E-state index is -0.171. The highest BCUT2D eigenvalue weighted by atomic mass is 16.2. The second kappa shape index (κ2) is 8.90. The van der Waals surface area contributed by atoms with Gasteiger partial charge < -0.3 is 15.5 Å². The molecule has 6 heteroatoms. The molecule has 0 bridgehead atoms. The third kappa shape index (κ3) is 5.22. The van der Waals surface area contributed by atoms with Crippen LogP contribution in [0.1, 0.15) is 51.6 Å². The van der Waals surface area contributed by atoms with Crippen LogP contribution < -0.4 is 10.6 Å². The van der Waals surface area contributed by atoms with Crippen molar-refractivity contribution in [3.05, 3.63) is 64.7 Å². The number of carbonyl (C=O) groups is 3. The van der Waals surface area contributed by atoms with E-state index in [0.717, 1.165) is 11.1 Å². The van der Waals surface area contributed by atoms with Gasteiger partial charge >= 0.3 is 0 Å². The predicted octanol–water partition coefficient (Wildman–Crippen LogP) is 3.30. The number of carbonyl (C=O) groups excluding carboxylic acids is 3. The number of rotatable bonds is 4. The Labute approximate surface area is 171 Å². The van der Waals surface area contributed by atoms with Crippen LogP contribution in [-0.2, 0) is 4.79 Å². The number of amides is 3. The Morgan fingerprint density at radius 3 is 2.31 bits per heavy atom. The fourth-order valence-corrected chi connectivity index (χ4v) is 3.49. The van der Waals surface area contributed by atoms with Crippen molar-refractivity contribution in [2.24, 2.45) is 0 Å². The number of aryl methyl sites for hydroxylation is 2. The molecular weight excluding hydrogens is 366 g/mol. The Kier molecular flexibility index (Phi) is 6.32. The maximum Gasteiger partial charge on any atom is 0.253 e. The summed E-state index contributed by atoms with van der Waals surface area (Å²) in [7, 11) is 0. The Morgan fingerprint density at radius 1 is 0.931 bits per heavy atom. The van der Waals surface area contributed by atoms with Gasteiger partial charge in [0.05, 0.1) is 0 Å². The van der Waals surface area contributed by atoms with Crippen LogP contribution in [0.25, 0.3) is 0 Å². The third-order valence-corrected chi connectivity index (χ3v) is 5.32. The lowest BCUT2D eigenvalue weighted by Crippen LogP contribution is -2.46. The fourth-order valence-electron chi connectivity index (χ4n) is 3.49. The largest absolute Gasteiger partial charge is 0.349 e. The van der Waals surface area contributed by atoms with Crippen molar-refractivity contribution in [1.29, 1.82) is 0 Å². The van der Waals surface area contributed by atoms with E-state index >= 15 is 0 Å². The number of hydrogen-bond donors (Lipinski definition) is 2. The van der Waals surface area contributed by atoms with E-state index in [9.17, 15) is 14.4 Å². The Bertz CT molecular complexity index is 931. The molecule has 1 fully saturated rings. The summed E-state index contributed by atoms with van der Waals surface area (Å²) < 4.78 is 0. The smallest absolute Gasteiger partial charge is 0.253 e. The number of anilines is 1. The minimum absolute atomic E-state index is 0.0545. The van der Waals surface area contributed by atoms with E-state index in [1.54, 1.807) is 29.2 Å². The van der Waals surface area contributed by atoms with E-state index in [1.165, 1.54) is 6.92 Å². The highest BCUT2D eigenvalue weighted by Crippen LogP contribution is 2.18. The first-order valence-corrected chi connectivity index (χ1v) is 9.88. The van der Waals surface area contributed by atoms with Crippen molar-refractivity contribution in [3.8, 4) is 0 Å². The minimum Gasteiger partial charge on any atom is -0.349 e. The molecule has 29 heavy (non-hydrogen) atoms. The standard InChI is InChI=1S/C23H27N3O3/c1-15-7-8-18(13-16(15)2)22(28)25-20-9-11-26(12-10-20)23(29)19-5-4-6-21(14-19)24-17(3)27/h4-8,13-14,20H,9-12H2,1-3H3,(H,24,27)(H,25,28). The molecule has 2 N–H and O–H groups in total. The van der Waals surface area contributed by atoms with Crippen molar-refractivity contribution in [1.82, 2.24) is 10.2 Å². The van der Waals surface area contributed by atoms with Gasteiger partial charge in [-0.1, -0.05) is 12.1 Å². The SMILES string of the molecule is CC(=O)Nc1cccc(C(=O)N2CCC(NC(=O)c3ccc(C)c(C)c3)CC2)c1. The highest BCUT2D eigenvalue weighted by molar-refractivity contribution is 5.97. The monoisotopic (exact) mass is 393 g/mol. The van der Waals surface area contributed by atoms with Crippen molar-refractivity contribution in [2.75, 3.05) is 18.4 Å². The lowest BCUT2D eigenvalue weighted by Gasteiger charge is -2.32. The second-order valence-corrected chi connectivity index (χ2v) is 7.60. The number of nitrogens with zero attached hydrogens (tertiary/aromatic N) is 1. The maximum atomic E-state index is 12.8. The number of nitrogens with one attached hydrogen (secondary N) is 2. The van der Waals surface area contributed by atoms with Gasteiger partial charge in [0.1, 0.15) is 0 Å². The van der Waals surface area contributed by atoms with Gasteiger partial charge in [-0.2, -0.15) is 0 Å². The van der Waals surface area contributed by atoms with Gasteiger partial charge in [0.15, 0.2) is 0 Å². The Morgan fingerprint density at radius 2 is 1.66 bits per heavy atom. The van der Waals surface area contributed by atoms with Crippen LogP contribution in [0.4, 0.5) is 5.69 Å². The number of likely N-dealkylation sites (tertiary alicyclic amines) is 1. The molecule has 1 aliphatic heterocycles. The molecular formula is C23H27N3O3. The molecule has 0 radical (unpaired) electrons. The molecule has 1 saturated heterocycles. The summed E-state index contributed by atoms with van der Waals surface area (Å²) in [6.45, 7) is 6.63. The van der Waals surface area contributed by atoms with E-state index in [1.807, 2.05) is 32.0 Å². The fraction of sp³-hybridized carbons (Fsp3) is 0.348. The van der Waals surface area contributed by atoms with Gasteiger partial charge in [-0.25, -0.2) is 0 Å². The Hall–Kier alpha value is -3.15. The van der Waals surface area contributed by atoms with E-state index < -0.39 is 0 Å². The molecule has 3 amide bonds. The lowest BCUT2D eigenvalue weighted by molar-refractivity contribution is -0.114.